The van der Waals surface area contributed by atoms with Crippen LogP contribution in [0.3, 0.4) is 0 Å². The minimum Gasteiger partial charge on any atom is -0.401 e. The first-order chi connectivity index (χ1) is 14.7. The molecule has 1 aliphatic rings. The van der Waals surface area contributed by atoms with Crippen molar-refractivity contribution in [1.82, 2.24) is 25.4 Å². The zero-order valence-electron chi connectivity index (χ0n) is 16.5. The summed E-state index contributed by atoms with van der Waals surface area (Å²) in [7, 11) is 0. The van der Waals surface area contributed by atoms with Gasteiger partial charge in [-0.15, -0.1) is 16.4 Å². The molecule has 8 nitrogen and oxygen atoms in total. The van der Waals surface area contributed by atoms with Crippen LogP contribution in [-0.2, 0) is 0 Å². The molecule has 0 saturated carbocycles. The van der Waals surface area contributed by atoms with Crippen LogP contribution in [0.2, 0.25) is 0 Å². The summed E-state index contributed by atoms with van der Waals surface area (Å²) in [5, 5.41) is 14.8. The van der Waals surface area contributed by atoms with Crippen molar-refractivity contribution < 1.29 is 4.42 Å². The molecule has 30 heavy (non-hydrogen) atoms. The summed E-state index contributed by atoms with van der Waals surface area (Å²) in [6, 6.07) is 14.8. The van der Waals surface area contributed by atoms with Crippen molar-refractivity contribution in [3.63, 3.8) is 0 Å². The molecule has 2 aromatic carbocycles. The number of nitrogens with two attached hydrogens (primary N) is 1. The molecule has 0 bridgehead atoms. The minimum absolute atomic E-state index is 0.154. The van der Waals surface area contributed by atoms with Gasteiger partial charge in [0.2, 0.25) is 5.96 Å². The number of hydrogen-bond acceptors (Lipinski definition) is 7. The SMILES string of the molecule is Cc1nc(-c2ccc3ccccc3c2)sc1-c1nnc(/N=C(\N)N2CCNCC2)o1. The third kappa shape index (κ3) is 3.64. The summed E-state index contributed by atoms with van der Waals surface area (Å²) in [5.41, 5.74) is 8.00. The molecule has 0 unspecified atom stereocenters. The Hall–Kier alpha value is -3.30. The van der Waals surface area contributed by atoms with Crippen molar-refractivity contribution in [3.05, 3.63) is 48.2 Å². The molecule has 0 amide bonds. The number of aromatic nitrogens is 3. The molecule has 2 aromatic heterocycles. The lowest BCUT2D eigenvalue weighted by Crippen LogP contribution is -2.49. The highest BCUT2D eigenvalue weighted by molar-refractivity contribution is 7.18. The van der Waals surface area contributed by atoms with Gasteiger partial charge in [0.25, 0.3) is 5.89 Å². The average Bonchev–Trinajstić information content (AvgIpc) is 3.40. The number of benzene rings is 2. The zero-order valence-corrected chi connectivity index (χ0v) is 17.3. The number of rotatable bonds is 3. The first-order valence-electron chi connectivity index (χ1n) is 9.78. The van der Waals surface area contributed by atoms with Crippen LogP contribution in [0, 0.1) is 6.92 Å². The molecule has 0 atom stereocenters. The Labute approximate surface area is 177 Å². The van der Waals surface area contributed by atoms with Gasteiger partial charge in [-0.05, 0) is 23.8 Å². The lowest BCUT2D eigenvalue weighted by molar-refractivity contribution is 0.353. The van der Waals surface area contributed by atoms with Gasteiger partial charge < -0.3 is 20.4 Å². The average molecular weight is 420 g/mol. The maximum Gasteiger partial charge on any atom is 0.346 e. The van der Waals surface area contributed by atoms with Gasteiger partial charge in [-0.25, -0.2) is 4.98 Å². The number of aliphatic imine (C=N–C) groups is 1. The number of nitrogens with one attached hydrogen (secondary N) is 1. The van der Waals surface area contributed by atoms with Gasteiger partial charge in [0.05, 0.1) is 5.69 Å². The highest BCUT2D eigenvalue weighted by Crippen LogP contribution is 2.36. The number of guanidine groups is 1. The van der Waals surface area contributed by atoms with E-state index in [4.69, 9.17) is 15.1 Å². The van der Waals surface area contributed by atoms with Gasteiger partial charge in [-0.3, -0.25) is 0 Å². The molecule has 3 N–H and O–H groups in total. The fourth-order valence-corrected chi connectivity index (χ4v) is 4.44. The van der Waals surface area contributed by atoms with Crippen LogP contribution in [0.15, 0.2) is 51.9 Å². The highest BCUT2D eigenvalue weighted by atomic mass is 32.1. The van der Waals surface area contributed by atoms with Crippen LogP contribution in [0.5, 0.6) is 0 Å². The standard InChI is InChI=1S/C21H21N7OS/c1-13-17(18-26-27-21(29-18)25-20(22)28-10-8-23-9-11-28)30-19(24-13)16-7-6-14-4-2-3-5-15(14)12-16/h2-7,12,23H,8-11H2,1H3,(H2,22,25,27). The summed E-state index contributed by atoms with van der Waals surface area (Å²) in [5.74, 6) is 0.800. The van der Waals surface area contributed by atoms with Gasteiger partial charge >= 0.3 is 6.01 Å². The van der Waals surface area contributed by atoms with Gasteiger partial charge in [-0.2, -0.15) is 4.99 Å². The second kappa shape index (κ2) is 7.85. The Kier molecular flexibility index (Phi) is 4.89. The summed E-state index contributed by atoms with van der Waals surface area (Å²) >= 11 is 1.53. The number of thiazole rings is 1. The van der Waals surface area contributed by atoms with E-state index in [1.807, 2.05) is 24.0 Å². The topological polar surface area (TPSA) is 105 Å². The molecule has 1 fully saturated rings. The smallest absolute Gasteiger partial charge is 0.346 e. The monoisotopic (exact) mass is 419 g/mol. The summed E-state index contributed by atoms with van der Waals surface area (Å²) < 4.78 is 5.77. The van der Waals surface area contributed by atoms with E-state index in [0.717, 1.165) is 47.3 Å². The van der Waals surface area contributed by atoms with Crippen LogP contribution in [0.25, 0.3) is 32.1 Å². The van der Waals surface area contributed by atoms with Crippen molar-refractivity contribution in [3.8, 4) is 21.3 Å². The van der Waals surface area contributed by atoms with Gasteiger partial charge in [0.15, 0.2) is 0 Å². The summed E-state index contributed by atoms with van der Waals surface area (Å²) in [6.07, 6.45) is 0. The molecule has 0 aliphatic carbocycles. The van der Waals surface area contributed by atoms with E-state index in [1.54, 1.807) is 0 Å². The fraction of sp³-hybridized carbons (Fsp3) is 0.238. The van der Waals surface area contributed by atoms with Crippen molar-refractivity contribution in [2.24, 2.45) is 10.7 Å². The molecule has 5 rings (SSSR count). The van der Waals surface area contributed by atoms with Crippen molar-refractivity contribution in [2.75, 3.05) is 26.2 Å². The van der Waals surface area contributed by atoms with Crippen LogP contribution < -0.4 is 11.1 Å². The Bertz CT molecular complexity index is 1220. The Balaban J connectivity index is 1.42. The summed E-state index contributed by atoms with van der Waals surface area (Å²) in [6.45, 7) is 5.31. The van der Waals surface area contributed by atoms with Crippen LogP contribution in [-0.4, -0.2) is 52.2 Å². The third-order valence-electron chi connectivity index (χ3n) is 5.05. The van der Waals surface area contributed by atoms with Crippen LogP contribution >= 0.6 is 11.3 Å². The first kappa shape index (κ1) is 18.7. The molecule has 0 spiro atoms. The highest BCUT2D eigenvalue weighted by Gasteiger charge is 2.18. The quantitative estimate of drug-likeness (QED) is 0.388. The summed E-state index contributed by atoms with van der Waals surface area (Å²) in [4.78, 5) is 11.9. The maximum atomic E-state index is 6.09. The molecule has 4 aromatic rings. The van der Waals surface area contributed by atoms with E-state index in [0.29, 0.717) is 11.9 Å². The van der Waals surface area contributed by atoms with Crippen LogP contribution in [0.4, 0.5) is 6.01 Å². The van der Waals surface area contributed by atoms with Crippen molar-refractivity contribution >= 4 is 34.1 Å². The zero-order chi connectivity index (χ0) is 20.5. The predicted molar refractivity (Wildman–Crippen MR) is 119 cm³/mol. The lowest BCUT2D eigenvalue weighted by Gasteiger charge is -2.27. The molecule has 9 heteroatoms. The van der Waals surface area contributed by atoms with Crippen LogP contribution in [0.1, 0.15) is 5.69 Å². The molecule has 1 saturated heterocycles. The van der Waals surface area contributed by atoms with E-state index < -0.39 is 0 Å². The molecule has 1 aliphatic heterocycles. The second-order valence-electron chi connectivity index (χ2n) is 7.09. The van der Waals surface area contributed by atoms with Gasteiger partial charge in [0.1, 0.15) is 9.88 Å². The Morgan fingerprint density at radius 1 is 1.13 bits per heavy atom. The molecule has 152 valence electrons. The maximum absolute atomic E-state index is 6.09. The molecular formula is C21H21N7OS. The largest absolute Gasteiger partial charge is 0.401 e. The lowest BCUT2D eigenvalue weighted by atomic mass is 10.1. The molecular weight excluding hydrogens is 398 g/mol. The van der Waals surface area contributed by atoms with E-state index in [-0.39, 0.29) is 6.01 Å². The number of piperazine rings is 1. The fourth-order valence-electron chi connectivity index (χ4n) is 3.46. The van der Waals surface area contributed by atoms with Crippen molar-refractivity contribution in [1.29, 1.82) is 0 Å². The Morgan fingerprint density at radius 2 is 1.93 bits per heavy atom. The minimum atomic E-state index is 0.154. The van der Waals surface area contributed by atoms with Gasteiger partial charge in [-0.1, -0.05) is 41.5 Å². The number of hydrogen-bond donors (Lipinski definition) is 2. The van der Waals surface area contributed by atoms with E-state index in [1.165, 1.54) is 22.1 Å². The van der Waals surface area contributed by atoms with E-state index >= 15 is 0 Å². The normalized spacial score (nSPS) is 15.1. The second-order valence-corrected chi connectivity index (χ2v) is 8.09. The number of fused-ring (bicyclic) bond motifs is 1. The molecule has 0 radical (unpaired) electrons. The number of aryl methyl sites for hydroxylation is 1. The molecule has 3 heterocycles. The Morgan fingerprint density at radius 3 is 2.77 bits per heavy atom. The first-order valence-corrected chi connectivity index (χ1v) is 10.6. The third-order valence-corrected chi connectivity index (χ3v) is 6.25. The van der Waals surface area contributed by atoms with Gasteiger partial charge in [0, 0.05) is 31.7 Å². The van der Waals surface area contributed by atoms with Crippen molar-refractivity contribution in [2.45, 2.75) is 6.92 Å². The number of nitrogens with zero attached hydrogens (tertiary/aromatic N) is 5. The predicted octanol–water partition coefficient (Wildman–Crippen LogP) is 3.17. The van der Waals surface area contributed by atoms with E-state index in [2.05, 4.69) is 50.8 Å². The van der Waals surface area contributed by atoms with E-state index in [9.17, 15) is 0 Å².